The van der Waals surface area contributed by atoms with E-state index in [1.807, 2.05) is 0 Å². The summed E-state index contributed by atoms with van der Waals surface area (Å²) in [5.41, 5.74) is 5.62. The Morgan fingerprint density at radius 1 is 1.56 bits per heavy atom. The molecule has 0 saturated heterocycles. The van der Waals surface area contributed by atoms with Crippen LogP contribution in [-0.2, 0) is 9.53 Å². The molecule has 0 aliphatic rings. The summed E-state index contributed by atoms with van der Waals surface area (Å²) < 4.78 is 4.66. The summed E-state index contributed by atoms with van der Waals surface area (Å²) in [7, 11) is 0. The molecule has 2 unspecified atom stereocenters. The van der Waals surface area contributed by atoms with Gasteiger partial charge in [0, 0.05) is 5.56 Å². The van der Waals surface area contributed by atoms with Crippen LogP contribution in [0.5, 0.6) is 0 Å². The fraction of sp³-hybridized carbons (Fsp3) is 0.500. The van der Waals surface area contributed by atoms with E-state index in [0.29, 0.717) is 0 Å². The summed E-state index contributed by atoms with van der Waals surface area (Å²) >= 11 is 5.61. The van der Waals surface area contributed by atoms with Crippen LogP contribution in [0.2, 0.25) is 5.15 Å². The second-order valence-corrected chi connectivity index (χ2v) is 3.92. The first-order valence-electron chi connectivity index (χ1n) is 5.26. The van der Waals surface area contributed by atoms with Crippen LogP contribution in [0.25, 0.3) is 0 Å². The van der Waals surface area contributed by atoms with Gasteiger partial charge in [-0.1, -0.05) is 11.6 Å². The maximum atomic E-state index is 11.2. The Labute approximate surface area is 109 Å². The van der Waals surface area contributed by atoms with Gasteiger partial charge in [0.15, 0.2) is 11.0 Å². The molecule has 7 nitrogen and oxygen atoms in total. The lowest BCUT2D eigenvalue weighted by Gasteiger charge is -2.18. The Bertz CT molecular complexity index is 430. The van der Waals surface area contributed by atoms with Gasteiger partial charge < -0.3 is 20.7 Å². The molecule has 8 heteroatoms. The van der Waals surface area contributed by atoms with Crippen molar-refractivity contribution in [1.29, 1.82) is 0 Å². The lowest BCUT2D eigenvalue weighted by molar-refractivity contribution is -0.147. The number of halogens is 1. The van der Waals surface area contributed by atoms with E-state index in [1.54, 1.807) is 6.92 Å². The first kappa shape index (κ1) is 14.6. The van der Waals surface area contributed by atoms with E-state index in [1.165, 1.54) is 6.07 Å². The van der Waals surface area contributed by atoms with Gasteiger partial charge in [-0.25, -0.2) is 0 Å². The van der Waals surface area contributed by atoms with Crippen molar-refractivity contribution in [2.45, 2.75) is 25.6 Å². The normalized spacial score (nSPS) is 14.0. The van der Waals surface area contributed by atoms with Crippen LogP contribution < -0.4 is 5.73 Å². The van der Waals surface area contributed by atoms with E-state index in [2.05, 4.69) is 14.9 Å². The molecule has 1 aromatic rings. The zero-order valence-electron chi connectivity index (χ0n) is 9.71. The van der Waals surface area contributed by atoms with E-state index >= 15 is 0 Å². The average molecular weight is 276 g/mol. The van der Waals surface area contributed by atoms with Crippen LogP contribution >= 0.6 is 11.6 Å². The minimum Gasteiger partial charge on any atom is -0.466 e. The summed E-state index contributed by atoms with van der Waals surface area (Å²) in [6.45, 7) is 1.84. The zero-order chi connectivity index (χ0) is 13.7. The van der Waals surface area contributed by atoms with Crippen molar-refractivity contribution in [2.24, 2.45) is 0 Å². The van der Waals surface area contributed by atoms with Crippen molar-refractivity contribution in [3.63, 3.8) is 0 Å². The van der Waals surface area contributed by atoms with Gasteiger partial charge in [0.2, 0.25) is 0 Å². The number of carbonyl (C=O) groups is 1. The van der Waals surface area contributed by atoms with E-state index in [0.717, 1.165) is 0 Å². The molecule has 0 aliphatic heterocycles. The van der Waals surface area contributed by atoms with Crippen LogP contribution in [0.15, 0.2) is 6.07 Å². The summed E-state index contributed by atoms with van der Waals surface area (Å²) in [5.74, 6) is -0.675. The number of ether oxygens (including phenoxy) is 1. The van der Waals surface area contributed by atoms with Crippen molar-refractivity contribution >= 4 is 23.4 Å². The second-order valence-electron chi connectivity index (χ2n) is 3.53. The van der Waals surface area contributed by atoms with Crippen LogP contribution in [0.1, 0.15) is 25.0 Å². The molecule has 2 atom stereocenters. The van der Waals surface area contributed by atoms with Crippen molar-refractivity contribution in [2.75, 3.05) is 12.3 Å². The predicted octanol–water partition coefficient (Wildman–Crippen LogP) is 0.0597. The van der Waals surface area contributed by atoms with Crippen LogP contribution in [0.3, 0.4) is 0 Å². The number of esters is 1. The minimum absolute atomic E-state index is 0.0292. The molecule has 1 aromatic heterocycles. The molecule has 1 heterocycles. The number of aliphatic hydroxyl groups excluding tert-OH is 2. The number of aromatic nitrogens is 2. The fourth-order valence-corrected chi connectivity index (χ4v) is 1.49. The highest BCUT2D eigenvalue weighted by atomic mass is 35.5. The van der Waals surface area contributed by atoms with Gasteiger partial charge in [-0.05, 0) is 13.0 Å². The molecule has 1 rings (SSSR count). The molecule has 0 fully saturated rings. The number of hydrogen-bond donors (Lipinski definition) is 3. The molecule has 0 saturated carbocycles. The number of rotatable bonds is 5. The van der Waals surface area contributed by atoms with Crippen LogP contribution in [0.4, 0.5) is 5.82 Å². The number of nitrogens with zero attached hydrogens (tertiary/aromatic N) is 2. The highest BCUT2D eigenvalue weighted by Gasteiger charge is 2.24. The largest absolute Gasteiger partial charge is 0.466 e. The fourth-order valence-electron chi connectivity index (χ4n) is 1.34. The van der Waals surface area contributed by atoms with E-state index in [4.69, 9.17) is 17.3 Å². The first-order chi connectivity index (χ1) is 8.45. The molecule has 0 spiro atoms. The standard InChI is InChI=1S/C10H14ClN3O4/c1-2-18-8(16)4-6(15)9(17)5-3-7(11)13-14-10(5)12/h3,6,9,15,17H,2,4H2,1H3,(H2,12,14). The third-order valence-corrected chi connectivity index (χ3v) is 2.37. The van der Waals surface area contributed by atoms with Gasteiger partial charge in [0.25, 0.3) is 0 Å². The molecule has 0 amide bonds. The Kier molecular flexibility index (Phi) is 5.26. The molecule has 4 N–H and O–H groups in total. The number of nitrogens with two attached hydrogens (primary N) is 1. The summed E-state index contributed by atoms with van der Waals surface area (Å²) in [5, 5.41) is 26.5. The number of hydrogen-bond acceptors (Lipinski definition) is 7. The molecular weight excluding hydrogens is 262 g/mol. The summed E-state index contributed by atoms with van der Waals surface area (Å²) in [6.07, 6.45) is -3.09. The lowest BCUT2D eigenvalue weighted by Crippen LogP contribution is -2.24. The molecular formula is C10H14ClN3O4. The third kappa shape index (κ3) is 3.80. The molecule has 0 aromatic carbocycles. The Balaban J connectivity index is 2.76. The Morgan fingerprint density at radius 3 is 2.83 bits per heavy atom. The van der Waals surface area contributed by atoms with Gasteiger partial charge >= 0.3 is 5.97 Å². The molecule has 100 valence electrons. The van der Waals surface area contributed by atoms with Crippen LogP contribution in [0, 0.1) is 0 Å². The minimum atomic E-state index is -1.39. The molecule has 18 heavy (non-hydrogen) atoms. The highest BCUT2D eigenvalue weighted by molar-refractivity contribution is 6.29. The van der Waals surface area contributed by atoms with E-state index < -0.39 is 18.2 Å². The number of aliphatic hydroxyl groups is 2. The number of nitrogen functional groups attached to an aromatic ring is 1. The monoisotopic (exact) mass is 275 g/mol. The van der Waals surface area contributed by atoms with Gasteiger partial charge in [-0.2, -0.15) is 0 Å². The lowest BCUT2D eigenvalue weighted by atomic mass is 10.0. The van der Waals surface area contributed by atoms with E-state index in [9.17, 15) is 15.0 Å². The van der Waals surface area contributed by atoms with Crippen molar-refractivity contribution in [3.05, 3.63) is 16.8 Å². The van der Waals surface area contributed by atoms with Gasteiger partial charge in [0.1, 0.15) is 6.10 Å². The average Bonchev–Trinajstić information content (AvgIpc) is 2.31. The Hall–Kier alpha value is -1.44. The van der Waals surface area contributed by atoms with Gasteiger partial charge in [-0.3, -0.25) is 4.79 Å². The highest BCUT2D eigenvalue weighted by Crippen LogP contribution is 2.24. The molecule has 0 bridgehead atoms. The number of carbonyl (C=O) groups excluding carboxylic acids is 1. The summed E-state index contributed by atoms with van der Waals surface area (Å²) in [4.78, 5) is 11.2. The summed E-state index contributed by atoms with van der Waals surface area (Å²) in [6, 6.07) is 1.28. The topological polar surface area (TPSA) is 119 Å². The predicted molar refractivity (Wildman–Crippen MR) is 63.7 cm³/mol. The molecule has 0 aliphatic carbocycles. The van der Waals surface area contributed by atoms with Crippen molar-refractivity contribution in [1.82, 2.24) is 10.2 Å². The van der Waals surface area contributed by atoms with E-state index in [-0.39, 0.29) is 29.6 Å². The van der Waals surface area contributed by atoms with Crippen molar-refractivity contribution in [3.8, 4) is 0 Å². The zero-order valence-corrected chi connectivity index (χ0v) is 10.5. The smallest absolute Gasteiger partial charge is 0.308 e. The SMILES string of the molecule is CCOC(=O)CC(O)C(O)c1cc(Cl)nnc1N. The van der Waals surface area contributed by atoms with Gasteiger partial charge in [-0.15, -0.1) is 10.2 Å². The molecule has 0 radical (unpaired) electrons. The Morgan fingerprint density at radius 2 is 2.22 bits per heavy atom. The maximum absolute atomic E-state index is 11.2. The van der Waals surface area contributed by atoms with Crippen LogP contribution in [-0.4, -0.2) is 39.1 Å². The first-order valence-corrected chi connectivity index (χ1v) is 5.63. The quantitative estimate of drug-likeness (QED) is 0.650. The number of anilines is 1. The van der Waals surface area contributed by atoms with Crippen molar-refractivity contribution < 1.29 is 19.7 Å². The third-order valence-electron chi connectivity index (χ3n) is 2.19. The maximum Gasteiger partial charge on any atom is 0.308 e. The second kappa shape index (κ2) is 6.48. The van der Waals surface area contributed by atoms with Gasteiger partial charge in [0.05, 0.1) is 19.1 Å².